The fraction of sp³-hybridized carbons (Fsp3) is 0.167. The number of hydrogen-bond acceptors (Lipinski definition) is 2. The van der Waals surface area contributed by atoms with Crippen LogP contribution in [0.3, 0.4) is 0 Å². The lowest BCUT2D eigenvalue weighted by Gasteiger charge is -2.15. The van der Waals surface area contributed by atoms with E-state index in [1.807, 2.05) is 32.0 Å². The number of aryl methyl sites for hydroxylation is 2. The number of amides is 1. The van der Waals surface area contributed by atoms with Crippen LogP contribution in [-0.2, 0) is 11.2 Å². The summed E-state index contributed by atoms with van der Waals surface area (Å²) in [4.78, 5) is 17.8. The molecule has 0 bridgehead atoms. The summed E-state index contributed by atoms with van der Waals surface area (Å²) < 4.78 is 13.5. The number of rotatable bonds is 3. The molecule has 0 saturated carbocycles. The number of benzene rings is 3. The standard InChI is InChI=1S/C24H20ClFN2O/c1-14-4-3-5-15(2)19(14)13-22-24(29)28-21-11-8-17(25)12-20(21)23(27-22)16-6-9-18(26)10-7-16/h3-12,22H,13H2,1-2H3,(H,28,29). The number of aliphatic imine (C=N–C) groups is 1. The molecule has 0 spiro atoms. The van der Waals surface area contributed by atoms with Crippen LogP contribution in [0.2, 0.25) is 5.02 Å². The highest BCUT2D eigenvalue weighted by atomic mass is 35.5. The van der Waals surface area contributed by atoms with Crippen LogP contribution in [0.1, 0.15) is 27.8 Å². The lowest BCUT2D eigenvalue weighted by Crippen LogP contribution is -2.28. The number of carbonyl (C=O) groups excluding carboxylic acids is 1. The second kappa shape index (κ2) is 7.80. The highest BCUT2D eigenvalue weighted by molar-refractivity contribution is 6.32. The Kier molecular flexibility index (Phi) is 5.20. The molecule has 1 N–H and O–H groups in total. The third-order valence-electron chi connectivity index (χ3n) is 5.24. The summed E-state index contributed by atoms with van der Waals surface area (Å²) in [7, 11) is 0. The van der Waals surface area contributed by atoms with Crippen molar-refractivity contribution in [2.24, 2.45) is 4.99 Å². The molecule has 0 saturated heterocycles. The van der Waals surface area contributed by atoms with Gasteiger partial charge in [0.15, 0.2) is 0 Å². The molecule has 1 aliphatic heterocycles. The molecular weight excluding hydrogens is 387 g/mol. The van der Waals surface area contributed by atoms with Crippen LogP contribution in [-0.4, -0.2) is 17.7 Å². The van der Waals surface area contributed by atoms with Crippen molar-refractivity contribution in [2.45, 2.75) is 26.3 Å². The first kappa shape index (κ1) is 19.3. The molecule has 0 radical (unpaired) electrons. The van der Waals surface area contributed by atoms with Gasteiger partial charge in [-0.2, -0.15) is 0 Å². The molecule has 29 heavy (non-hydrogen) atoms. The van der Waals surface area contributed by atoms with E-state index in [2.05, 4.69) is 5.32 Å². The van der Waals surface area contributed by atoms with Crippen molar-refractivity contribution in [2.75, 3.05) is 5.32 Å². The molecule has 1 heterocycles. The number of fused-ring (bicyclic) bond motifs is 1. The maximum absolute atomic E-state index is 13.5. The van der Waals surface area contributed by atoms with E-state index < -0.39 is 6.04 Å². The Morgan fingerprint density at radius 2 is 1.72 bits per heavy atom. The van der Waals surface area contributed by atoms with E-state index >= 15 is 0 Å². The number of halogens is 2. The third-order valence-corrected chi connectivity index (χ3v) is 5.48. The number of benzodiazepines with no additional fused rings is 1. The molecule has 0 fully saturated rings. The Labute approximate surface area is 174 Å². The summed E-state index contributed by atoms with van der Waals surface area (Å²) in [6, 6.07) is 16.9. The minimum Gasteiger partial charge on any atom is -0.324 e. The maximum Gasteiger partial charge on any atom is 0.249 e. The first-order valence-corrected chi connectivity index (χ1v) is 9.80. The molecule has 1 atom stereocenters. The van der Waals surface area contributed by atoms with Crippen molar-refractivity contribution in [1.82, 2.24) is 0 Å². The van der Waals surface area contributed by atoms with Crippen molar-refractivity contribution in [3.63, 3.8) is 0 Å². The molecule has 0 aliphatic carbocycles. The van der Waals surface area contributed by atoms with E-state index in [1.165, 1.54) is 12.1 Å². The zero-order valence-electron chi connectivity index (χ0n) is 16.2. The first-order valence-electron chi connectivity index (χ1n) is 9.42. The van der Waals surface area contributed by atoms with Crippen molar-refractivity contribution in [1.29, 1.82) is 0 Å². The van der Waals surface area contributed by atoms with Gasteiger partial charge < -0.3 is 5.32 Å². The van der Waals surface area contributed by atoms with Gasteiger partial charge in [0.25, 0.3) is 0 Å². The maximum atomic E-state index is 13.5. The largest absolute Gasteiger partial charge is 0.324 e. The van der Waals surface area contributed by atoms with Gasteiger partial charge in [-0.15, -0.1) is 0 Å². The molecule has 1 aliphatic rings. The topological polar surface area (TPSA) is 41.5 Å². The minimum atomic E-state index is -0.610. The Hall–Kier alpha value is -2.98. The predicted molar refractivity (Wildman–Crippen MR) is 116 cm³/mol. The van der Waals surface area contributed by atoms with Crippen LogP contribution in [0, 0.1) is 19.7 Å². The second-order valence-electron chi connectivity index (χ2n) is 7.25. The summed E-state index contributed by atoms with van der Waals surface area (Å²) in [5.74, 6) is -0.496. The van der Waals surface area contributed by atoms with Crippen LogP contribution in [0.4, 0.5) is 10.1 Å². The number of anilines is 1. The minimum absolute atomic E-state index is 0.173. The van der Waals surface area contributed by atoms with Crippen molar-refractivity contribution < 1.29 is 9.18 Å². The number of nitrogens with zero attached hydrogens (tertiary/aromatic N) is 1. The molecule has 3 aromatic rings. The van der Waals surface area contributed by atoms with E-state index in [4.69, 9.17) is 16.6 Å². The lowest BCUT2D eigenvalue weighted by molar-refractivity contribution is -0.117. The van der Waals surface area contributed by atoms with Gasteiger partial charge in [-0.05, 0) is 73.0 Å². The summed E-state index contributed by atoms with van der Waals surface area (Å²) >= 11 is 6.22. The number of carbonyl (C=O) groups is 1. The molecular formula is C24H20ClFN2O. The van der Waals surface area contributed by atoms with Crippen LogP contribution in [0.25, 0.3) is 0 Å². The Morgan fingerprint density at radius 1 is 1.03 bits per heavy atom. The van der Waals surface area contributed by atoms with Gasteiger partial charge in [0.05, 0.1) is 11.4 Å². The molecule has 3 nitrogen and oxygen atoms in total. The van der Waals surface area contributed by atoms with Gasteiger partial charge in [-0.1, -0.05) is 29.8 Å². The van der Waals surface area contributed by atoms with Crippen LogP contribution < -0.4 is 5.32 Å². The monoisotopic (exact) mass is 406 g/mol. The average molecular weight is 407 g/mol. The summed E-state index contributed by atoms with van der Waals surface area (Å²) in [6.45, 7) is 4.08. The van der Waals surface area contributed by atoms with Crippen LogP contribution in [0.15, 0.2) is 65.7 Å². The second-order valence-corrected chi connectivity index (χ2v) is 7.69. The number of hydrogen-bond donors (Lipinski definition) is 1. The van der Waals surface area contributed by atoms with Crippen molar-refractivity contribution >= 4 is 28.9 Å². The smallest absolute Gasteiger partial charge is 0.249 e. The SMILES string of the molecule is Cc1cccc(C)c1CC1N=C(c2ccc(F)cc2)c2cc(Cl)ccc2NC1=O. The highest BCUT2D eigenvalue weighted by Gasteiger charge is 2.27. The van der Waals surface area contributed by atoms with Gasteiger partial charge in [0.2, 0.25) is 5.91 Å². The van der Waals surface area contributed by atoms with Crippen LogP contribution in [0.5, 0.6) is 0 Å². The van der Waals surface area contributed by atoms with E-state index in [0.717, 1.165) is 27.8 Å². The van der Waals surface area contributed by atoms with E-state index in [-0.39, 0.29) is 11.7 Å². The van der Waals surface area contributed by atoms with E-state index in [1.54, 1.807) is 30.3 Å². The summed E-state index contributed by atoms with van der Waals surface area (Å²) in [5, 5.41) is 3.53. The van der Waals surface area contributed by atoms with E-state index in [0.29, 0.717) is 22.8 Å². The Balaban J connectivity index is 1.85. The quantitative estimate of drug-likeness (QED) is 0.613. The summed E-state index contributed by atoms with van der Waals surface area (Å²) in [5.41, 5.74) is 6.09. The molecule has 0 aromatic heterocycles. The van der Waals surface area contributed by atoms with Crippen molar-refractivity contribution in [3.8, 4) is 0 Å². The third kappa shape index (κ3) is 3.94. The normalized spacial score (nSPS) is 15.9. The predicted octanol–water partition coefficient (Wildman–Crippen LogP) is 5.50. The first-order chi connectivity index (χ1) is 13.9. The zero-order chi connectivity index (χ0) is 20.5. The number of nitrogens with one attached hydrogen (secondary N) is 1. The highest BCUT2D eigenvalue weighted by Crippen LogP contribution is 2.29. The molecule has 3 aromatic carbocycles. The fourth-order valence-electron chi connectivity index (χ4n) is 3.66. The van der Waals surface area contributed by atoms with E-state index in [9.17, 15) is 9.18 Å². The Morgan fingerprint density at radius 3 is 2.41 bits per heavy atom. The van der Waals surface area contributed by atoms with Gasteiger partial charge in [-0.25, -0.2) is 4.39 Å². The average Bonchev–Trinajstić information content (AvgIpc) is 2.82. The summed E-state index contributed by atoms with van der Waals surface area (Å²) in [6.07, 6.45) is 0.483. The van der Waals surface area contributed by atoms with Gasteiger partial charge in [0.1, 0.15) is 11.9 Å². The molecule has 1 amide bonds. The van der Waals surface area contributed by atoms with Crippen LogP contribution >= 0.6 is 11.6 Å². The van der Waals surface area contributed by atoms with Gasteiger partial charge >= 0.3 is 0 Å². The molecule has 146 valence electrons. The zero-order valence-corrected chi connectivity index (χ0v) is 16.9. The van der Waals surface area contributed by atoms with Gasteiger partial charge in [-0.3, -0.25) is 9.79 Å². The lowest BCUT2D eigenvalue weighted by atomic mass is 9.96. The Bertz CT molecular complexity index is 1100. The molecule has 5 heteroatoms. The van der Waals surface area contributed by atoms with Crippen molar-refractivity contribution in [3.05, 3.63) is 99.3 Å². The van der Waals surface area contributed by atoms with Gasteiger partial charge in [0, 0.05) is 22.6 Å². The molecule has 4 rings (SSSR count). The fourth-order valence-corrected chi connectivity index (χ4v) is 3.83. The molecule has 1 unspecified atom stereocenters.